The van der Waals surface area contributed by atoms with E-state index < -0.39 is 2.65 Å². The molecule has 11 heavy (non-hydrogen) atoms. The van der Waals surface area contributed by atoms with Gasteiger partial charge in [0, 0.05) is 0 Å². The van der Waals surface area contributed by atoms with Crippen molar-refractivity contribution in [2.24, 2.45) is 0 Å². The maximum atomic E-state index is 5.64. The molecule has 0 heterocycles. The predicted octanol–water partition coefficient (Wildman–Crippen LogP) is 2.34. The third kappa shape index (κ3) is 4.26. The maximum absolute atomic E-state index is 5.64. The highest BCUT2D eigenvalue weighted by Gasteiger charge is 2.22. The van der Waals surface area contributed by atoms with Gasteiger partial charge in [-0.25, -0.2) is 0 Å². The number of alkyl halides is 3. The van der Waals surface area contributed by atoms with Crippen molar-refractivity contribution >= 4 is 54.4 Å². The van der Waals surface area contributed by atoms with Crippen LogP contribution in [0.3, 0.4) is 0 Å². The van der Waals surface area contributed by atoms with Crippen molar-refractivity contribution in [2.75, 3.05) is 0 Å². The van der Waals surface area contributed by atoms with Crippen molar-refractivity contribution in [3.8, 4) is 0 Å². The van der Waals surface area contributed by atoms with E-state index >= 15 is 0 Å². The second kappa shape index (κ2) is 4.03. The topological polar surface area (TPSA) is 0 Å². The van der Waals surface area contributed by atoms with Crippen LogP contribution in [0.2, 0.25) is 0 Å². The summed E-state index contributed by atoms with van der Waals surface area (Å²) in [7, 11) is 0. The van der Waals surface area contributed by atoms with Gasteiger partial charge in [-0.1, -0.05) is 30.3 Å². The molecule has 0 aliphatic heterocycles. The average molecular weight is 222 g/mol. The number of halogens is 3. The molecule has 1 aromatic carbocycles. The van der Waals surface area contributed by atoms with Crippen LogP contribution in [-0.4, -0.2) is 17.9 Å². The highest BCUT2D eigenvalue weighted by Crippen LogP contribution is 2.23. The maximum Gasteiger partial charge on any atom is 0.335 e. The Morgan fingerprint density at radius 2 is 1.55 bits per heavy atom. The molecule has 0 N–H and O–H groups in total. The van der Waals surface area contributed by atoms with Gasteiger partial charge >= 0.3 is 15.2 Å². The van der Waals surface area contributed by atoms with Crippen molar-refractivity contribution in [2.45, 2.75) is 2.65 Å². The summed E-state index contributed by atoms with van der Waals surface area (Å²) in [6.45, 7) is 0. The summed E-state index contributed by atoms with van der Waals surface area (Å²) in [5, 5.41) is 0. The highest BCUT2D eigenvalue weighted by atomic mass is 35.6. The first-order valence-electron chi connectivity index (χ1n) is 3.05. The summed E-state index contributed by atoms with van der Waals surface area (Å²) in [5.41, 5.74) is 0. The van der Waals surface area contributed by atoms with E-state index in [2.05, 4.69) is 0 Å². The van der Waals surface area contributed by atoms with Gasteiger partial charge in [0.2, 0.25) is 0 Å². The number of hydrogen-bond donors (Lipinski definition) is 0. The van der Waals surface area contributed by atoms with Gasteiger partial charge in [0.15, 0.2) is 0 Å². The summed E-state index contributed by atoms with van der Waals surface area (Å²) >= 11 is 16.6. The van der Waals surface area contributed by atoms with Crippen molar-refractivity contribution in [1.82, 2.24) is 0 Å². The lowest BCUT2D eigenvalue weighted by atomic mass is 10.4. The molecule has 1 rings (SSSR count). The van der Waals surface area contributed by atoms with Gasteiger partial charge in [0.25, 0.3) is 0 Å². The SMILES string of the molecule is Cl[C](Cl)(Cl)[Al][c]1ccccc1. The third-order valence-electron chi connectivity index (χ3n) is 1.13. The highest BCUT2D eigenvalue weighted by molar-refractivity contribution is 6.91. The first-order valence-corrected chi connectivity index (χ1v) is 5.34. The smallest absolute Gasteiger partial charge is 0.117 e. The molecule has 0 aliphatic carbocycles. The lowest BCUT2D eigenvalue weighted by Gasteiger charge is -2.07. The van der Waals surface area contributed by atoms with Crippen molar-refractivity contribution < 1.29 is 0 Å². The fraction of sp³-hybridized carbons (Fsp3) is 0.143. The van der Waals surface area contributed by atoms with Crippen LogP contribution in [0.25, 0.3) is 0 Å². The molecule has 57 valence electrons. The van der Waals surface area contributed by atoms with Crippen LogP contribution in [0.1, 0.15) is 0 Å². The molecule has 0 aromatic heterocycles. The molecular weight excluding hydrogens is 217 g/mol. The zero-order valence-corrected chi connectivity index (χ0v) is 9.02. The Hall–Kier alpha value is 0.622. The zero-order chi connectivity index (χ0) is 8.32. The van der Waals surface area contributed by atoms with E-state index in [0.29, 0.717) is 0 Å². The fourth-order valence-electron chi connectivity index (χ4n) is 0.738. The summed E-state index contributed by atoms with van der Waals surface area (Å²) in [6.07, 6.45) is 0. The van der Waals surface area contributed by atoms with Crippen LogP contribution in [0.4, 0.5) is 0 Å². The van der Waals surface area contributed by atoms with Crippen LogP contribution in [0, 0.1) is 0 Å². The zero-order valence-electron chi connectivity index (χ0n) is 5.60. The Morgan fingerprint density at radius 1 is 1.00 bits per heavy atom. The van der Waals surface area contributed by atoms with Gasteiger partial charge in [0.05, 0.1) is 0 Å². The first-order chi connectivity index (χ1) is 5.08. The molecule has 0 unspecified atom stereocenters. The second-order valence-electron chi connectivity index (χ2n) is 2.10. The van der Waals surface area contributed by atoms with Crippen LogP contribution >= 0.6 is 34.8 Å². The van der Waals surface area contributed by atoms with Gasteiger partial charge in [-0.3, -0.25) is 0 Å². The molecule has 0 fully saturated rings. The van der Waals surface area contributed by atoms with Gasteiger partial charge in [-0.2, -0.15) is 0 Å². The van der Waals surface area contributed by atoms with Crippen LogP contribution < -0.4 is 4.43 Å². The van der Waals surface area contributed by atoms with E-state index in [-0.39, 0.29) is 15.2 Å². The largest absolute Gasteiger partial charge is 0.335 e. The van der Waals surface area contributed by atoms with Gasteiger partial charge in [0.1, 0.15) is 2.65 Å². The Morgan fingerprint density at radius 3 is 2.00 bits per heavy atom. The molecular formula is C7H5AlCl3. The van der Waals surface area contributed by atoms with Gasteiger partial charge < -0.3 is 0 Å². The molecule has 0 atom stereocenters. The third-order valence-corrected chi connectivity index (χ3v) is 3.16. The lowest BCUT2D eigenvalue weighted by Crippen LogP contribution is -2.26. The van der Waals surface area contributed by atoms with E-state index in [4.69, 9.17) is 34.8 Å². The standard InChI is InChI=1S/C6H5.CCl3.Al/c1-2-4-6-5-3-1;2-1(3)4;/h1-5H;;. The van der Waals surface area contributed by atoms with Crippen molar-refractivity contribution in [1.29, 1.82) is 0 Å². The fourth-order valence-corrected chi connectivity index (χ4v) is 2.66. The molecule has 0 aliphatic rings. The normalized spacial score (nSPS) is 11.2. The monoisotopic (exact) mass is 221 g/mol. The predicted molar refractivity (Wildman–Crippen MR) is 52.1 cm³/mol. The molecule has 0 saturated carbocycles. The Kier molecular flexibility index (Phi) is 3.56. The second-order valence-corrected chi connectivity index (χ2v) is 7.38. The van der Waals surface area contributed by atoms with Crippen LogP contribution in [0.15, 0.2) is 30.3 Å². The number of hydrogen-bond acceptors (Lipinski definition) is 0. The molecule has 4 heteroatoms. The first kappa shape index (κ1) is 9.71. The molecule has 1 radical (unpaired) electrons. The molecule has 0 nitrogen and oxygen atoms in total. The molecule has 0 saturated heterocycles. The summed E-state index contributed by atoms with van der Waals surface area (Å²) in [5.74, 6) is 0. The minimum atomic E-state index is -1.10. The minimum Gasteiger partial charge on any atom is -0.117 e. The number of rotatable bonds is 1. The van der Waals surface area contributed by atoms with E-state index in [0.717, 1.165) is 4.43 Å². The quantitative estimate of drug-likeness (QED) is 0.505. The lowest BCUT2D eigenvalue weighted by molar-refractivity contribution is 1.68. The minimum absolute atomic E-state index is 0.283. The Bertz CT molecular complexity index is 217. The summed E-state index contributed by atoms with van der Waals surface area (Å²) in [4.78, 5) is 0. The van der Waals surface area contributed by atoms with Gasteiger partial charge in [-0.05, 0) is 0 Å². The average Bonchev–Trinajstić information content (AvgIpc) is 1.85. The van der Waals surface area contributed by atoms with E-state index in [9.17, 15) is 0 Å². The van der Waals surface area contributed by atoms with E-state index in [1.165, 1.54) is 0 Å². The molecule has 0 amide bonds. The number of benzene rings is 1. The van der Waals surface area contributed by atoms with Crippen molar-refractivity contribution in [3.63, 3.8) is 0 Å². The van der Waals surface area contributed by atoms with Crippen LogP contribution in [-0.2, 0) is 0 Å². The van der Waals surface area contributed by atoms with Crippen molar-refractivity contribution in [3.05, 3.63) is 30.3 Å². The van der Waals surface area contributed by atoms with Crippen LogP contribution in [0.5, 0.6) is 0 Å². The van der Waals surface area contributed by atoms with Gasteiger partial charge in [-0.15, -0.1) is 39.2 Å². The van der Waals surface area contributed by atoms with E-state index in [1.807, 2.05) is 30.3 Å². The van der Waals surface area contributed by atoms with E-state index in [1.54, 1.807) is 0 Å². The molecule has 0 bridgehead atoms. The summed E-state index contributed by atoms with van der Waals surface area (Å²) < 4.78 is 0.0222. The Balaban J connectivity index is 2.66. The summed E-state index contributed by atoms with van der Waals surface area (Å²) in [6, 6.07) is 9.77. The Labute approximate surface area is 87.2 Å². The molecule has 1 aromatic rings. The molecule has 0 spiro atoms.